The fourth-order valence-electron chi connectivity index (χ4n) is 7.56. The number of rotatable bonds is 7. The molecule has 43 heavy (non-hydrogen) atoms. The van der Waals surface area contributed by atoms with E-state index in [1.54, 1.807) is 18.3 Å². The van der Waals surface area contributed by atoms with Crippen molar-refractivity contribution in [2.45, 2.75) is 63.6 Å². The van der Waals surface area contributed by atoms with E-state index in [1.807, 2.05) is 42.5 Å². The molecule has 0 amide bonds. The molecule has 0 radical (unpaired) electrons. The molecule has 2 bridgehead atoms. The summed E-state index contributed by atoms with van der Waals surface area (Å²) in [6.07, 6.45) is 7.98. The number of halogens is 2. The number of alkyl halides is 2. The molecule has 2 saturated carbocycles. The number of aromatic amines is 2. The van der Waals surface area contributed by atoms with E-state index in [2.05, 4.69) is 32.5 Å². The summed E-state index contributed by atoms with van der Waals surface area (Å²) in [6.45, 7) is 3.88. The maximum atomic E-state index is 16.1. The molecule has 3 aliphatic carbocycles. The molecule has 2 unspecified atom stereocenters. The minimum Gasteiger partial charge on any atom is -0.341 e. The van der Waals surface area contributed by atoms with Crippen molar-refractivity contribution in [1.29, 1.82) is 0 Å². The number of benzene rings is 3. The highest BCUT2D eigenvalue weighted by molar-refractivity contribution is 5.86. The predicted molar refractivity (Wildman–Crippen MR) is 164 cm³/mol. The van der Waals surface area contributed by atoms with Crippen LogP contribution in [0.1, 0.15) is 67.8 Å². The first-order valence-corrected chi connectivity index (χ1v) is 15.5. The van der Waals surface area contributed by atoms with Crippen LogP contribution >= 0.6 is 0 Å². The van der Waals surface area contributed by atoms with E-state index < -0.39 is 5.92 Å². The highest BCUT2D eigenvalue weighted by atomic mass is 19.3. The molecule has 3 heterocycles. The number of imidazole rings is 2. The van der Waals surface area contributed by atoms with Gasteiger partial charge in [0.2, 0.25) is 0 Å². The van der Waals surface area contributed by atoms with Crippen LogP contribution in [0, 0.1) is 11.3 Å². The predicted octanol–water partition coefficient (Wildman–Crippen LogP) is 7.44. The van der Waals surface area contributed by atoms with Crippen LogP contribution in [0.5, 0.6) is 0 Å². The first kappa shape index (κ1) is 25.6. The molecule has 5 aromatic rings. The molecule has 9 rings (SSSR count). The summed E-state index contributed by atoms with van der Waals surface area (Å²) < 4.78 is 32.1. The van der Waals surface area contributed by atoms with Gasteiger partial charge in [0.1, 0.15) is 11.6 Å². The molecule has 2 aromatic heterocycles. The zero-order valence-electron chi connectivity index (χ0n) is 24.1. The first-order valence-electron chi connectivity index (χ1n) is 15.5. The highest BCUT2D eigenvalue weighted by Gasteiger charge is 2.45. The van der Waals surface area contributed by atoms with Gasteiger partial charge in [0.15, 0.2) is 0 Å². The SMILES string of the molecule is CC1(CNCc2ncc(-c3ccc4c(c3)C(F)(F)c3cc(-c5ccc6nc(C7NC8CC[C@H]7C8)[nH]c6c5)ccc3-4)[nH]2)CC1. The molecule has 3 fully saturated rings. The van der Waals surface area contributed by atoms with Gasteiger partial charge < -0.3 is 20.6 Å². The Morgan fingerprint density at radius 3 is 2.40 bits per heavy atom. The van der Waals surface area contributed by atoms with Gasteiger partial charge in [0.25, 0.3) is 5.92 Å². The Balaban J connectivity index is 0.986. The summed E-state index contributed by atoms with van der Waals surface area (Å²) in [5.74, 6) is -0.662. The third-order valence-electron chi connectivity index (χ3n) is 10.4. The second kappa shape index (κ2) is 9.07. The molecular formula is C35H34F2N6. The molecule has 218 valence electrons. The van der Waals surface area contributed by atoms with Crippen LogP contribution in [0.15, 0.2) is 60.8 Å². The summed E-state index contributed by atoms with van der Waals surface area (Å²) in [6, 6.07) is 17.7. The summed E-state index contributed by atoms with van der Waals surface area (Å²) in [7, 11) is 0. The lowest BCUT2D eigenvalue weighted by atomic mass is 9.98. The molecule has 0 spiro atoms. The van der Waals surface area contributed by atoms with Crippen molar-refractivity contribution in [3.05, 3.63) is 83.6 Å². The van der Waals surface area contributed by atoms with Crippen LogP contribution in [0.4, 0.5) is 8.78 Å². The van der Waals surface area contributed by atoms with Crippen LogP contribution < -0.4 is 10.6 Å². The number of nitrogens with one attached hydrogen (secondary N) is 4. The van der Waals surface area contributed by atoms with Gasteiger partial charge in [-0.2, -0.15) is 8.78 Å². The molecule has 8 heteroatoms. The average molecular weight is 577 g/mol. The summed E-state index contributed by atoms with van der Waals surface area (Å²) in [5.41, 5.74) is 6.66. The van der Waals surface area contributed by atoms with Crippen molar-refractivity contribution in [2.75, 3.05) is 6.54 Å². The van der Waals surface area contributed by atoms with E-state index >= 15 is 8.78 Å². The van der Waals surface area contributed by atoms with Gasteiger partial charge in [0.05, 0.1) is 35.5 Å². The quantitative estimate of drug-likeness (QED) is 0.162. The Labute approximate surface area is 248 Å². The Hall–Kier alpha value is -3.88. The van der Waals surface area contributed by atoms with Crippen LogP contribution in [0.25, 0.3) is 44.5 Å². The minimum atomic E-state index is -3.10. The van der Waals surface area contributed by atoms with Gasteiger partial charge >= 0.3 is 0 Å². The number of nitrogens with zero attached hydrogens (tertiary/aromatic N) is 2. The largest absolute Gasteiger partial charge is 0.341 e. The lowest BCUT2D eigenvalue weighted by Crippen LogP contribution is -2.29. The topological polar surface area (TPSA) is 81.4 Å². The summed E-state index contributed by atoms with van der Waals surface area (Å²) in [5, 5.41) is 7.17. The lowest BCUT2D eigenvalue weighted by Gasteiger charge is -2.20. The Morgan fingerprint density at radius 2 is 1.65 bits per heavy atom. The lowest BCUT2D eigenvalue weighted by molar-refractivity contribution is 0.0481. The first-order chi connectivity index (χ1) is 20.8. The van der Waals surface area contributed by atoms with Gasteiger partial charge in [0, 0.05) is 29.3 Å². The van der Waals surface area contributed by atoms with Crippen molar-refractivity contribution in [3.63, 3.8) is 0 Å². The van der Waals surface area contributed by atoms with E-state index in [0.717, 1.165) is 46.0 Å². The smallest absolute Gasteiger partial charge is 0.299 e. The van der Waals surface area contributed by atoms with Crippen molar-refractivity contribution >= 4 is 11.0 Å². The van der Waals surface area contributed by atoms with Crippen molar-refractivity contribution in [2.24, 2.45) is 11.3 Å². The third kappa shape index (κ3) is 4.18. The van der Waals surface area contributed by atoms with E-state index in [0.29, 0.717) is 40.6 Å². The molecule has 4 N–H and O–H groups in total. The fourth-order valence-corrected chi connectivity index (χ4v) is 7.56. The fraction of sp³-hybridized carbons (Fsp3) is 0.371. The number of fused-ring (bicyclic) bond motifs is 6. The number of aromatic nitrogens is 4. The van der Waals surface area contributed by atoms with Gasteiger partial charge in [-0.3, -0.25) is 0 Å². The van der Waals surface area contributed by atoms with E-state index in [-0.39, 0.29) is 17.2 Å². The van der Waals surface area contributed by atoms with E-state index in [9.17, 15) is 0 Å². The van der Waals surface area contributed by atoms with Crippen LogP contribution in [0.2, 0.25) is 0 Å². The van der Waals surface area contributed by atoms with Crippen LogP contribution in [-0.2, 0) is 12.5 Å². The maximum absolute atomic E-state index is 16.1. The molecule has 6 nitrogen and oxygen atoms in total. The number of hydrogen-bond donors (Lipinski definition) is 4. The molecular weight excluding hydrogens is 542 g/mol. The van der Waals surface area contributed by atoms with Gasteiger partial charge in [-0.05, 0) is 90.0 Å². The number of piperidine rings is 1. The second-order valence-corrected chi connectivity index (χ2v) is 13.5. The van der Waals surface area contributed by atoms with Gasteiger partial charge in [-0.15, -0.1) is 0 Å². The zero-order valence-corrected chi connectivity index (χ0v) is 24.1. The molecule has 1 aliphatic heterocycles. The molecule has 3 aromatic carbocycles. The standard InChI is InChI=1S/C35H34F2N6/c1-34(10-11-34)18-38-17-31-39-16-30(41-31)21-4-8-25-24-7-3-19(13-26(24)35(36,37)27(25)14-21)20-5-9-28-29(15-20)43-33(42-28)32-22-2-6-23(12-22)40-32/h3-5,7-9,13-16,22-23,32,38,40H,2,6,10-12,17-18H2,1H3,(H,39,41)(H,42,43)/t22-,23?,32?/m0/s1. The third-order valence-corrected chi connectivity index (χ3v) is 10.4. The molecule has 1 saturated heterocycles. The highest BCUT2D eigenvalue weighted by Crippen LogP contribution is 2.53. The van der Waals surface area contributed by atoms with Gasteiger partial charge in [-0.1, -0.05) is 37.3 Å². The normalized spacial score (nSPS) is 24.0. The Kier molecular flexibility index (Phi) is 5.40. The number of hydrogen-bond acceptors (Lipinski definition) is 4. The van der Waals surface area contributed by atoms with Crippen molar-refractivity contribution in [3.8, 4) is 33.5 Å². The molecule has 4 aliphatic rings. The van der Waals surface area contributed by atoms with Gasteiger partial charge in [-0.25, -0.2) is 9.97 Å². The monoisotopic (exact) mass is 576 g/mol. The summed E-state index contributed by atoms with van der Waals surface area (Å²) in [4.78, 5) is 16.2. The van der Waals surface area contributed by atoms with E-state index in [4.69, 9.17) is 4.98 Å². The second-order valence-electron chi connectivity index (χ2n) is 13.5. The van der Waals surface area contributed by atoms with Crippen molar-refractivity contribution < 1.29 is 8.78 Å². The maximum Gasteiger partial charge on any atom is 0.299 e. The zero-order chi connectivity index (χ0) is 28.9. The Bertz CT molecular complexity index is 1900. The van der Waals surface area contributed by atoms with Crippen LogP contribution in [0.3, 0.4) is 0 Å². The minimum absolute atomic E-state index is 0.0418. The van der Waals surface area contributed by atoms with Crippen molar-refractivity contribution in [1.82, 2.24) is 30.6 Å². The Morgan fingerprint density at radius 1 is 0.907 bits per heavy atom. The number of H-pyrrole nitrogens is 2. The molecule has 3 atom stereocenters. The summed E-state index contributed by atoms with van der Waals surface area (Å²) >= 11 is 0. The van der Waals surface area contributed by atoms with Crippen LogP contribution in [-0.4, -0.2) is 32.5 Å². The van der Waals surface area contributed by atoms with E-state index in [1.165, 1.54) is 32.1 Å². The average Bonchev–Trinajstić information content (AvgIpc) is 3.59.